The first-order valence-corrected chi connectivity index (χ1v) is 12.2. The summed E-state index contributed by atoms with van der Waals surface area (Å²) < 4.78 is 0. The second kappa shape index (κ2) is 7.91. The number of piperidine rings is 1. The summed E-state index contributed by atoms with van der Waals surface area (Å²) in [4.78, 5) is 15.9. The molecule has 4 nitrogen and oxygen atoms in total. The summed E-state index contributed by atoms with van der Waals surface area (Å²) in [6, 6.07) is 17.0. The van der Waals surface area contributed by atoms with E-state index in [-0.39, 0.29) is 22.8 Å². The van der Waals surface area contributed by atoms with Crippen molar-refractivity contribution in [3.05, 3.63) is 65.2 Å². The van der Waals surface area contributed by atoms with Gasteiger partial charge < -0.3 is 15.3 Å². The number of amides is 1. The van der Waals surface area contributed by atoms with Gasteiger partial charge in [-0.15, -0.1) is 0 Å². The van der Waals surface area contributed by atoms with Crippen molar-refractivity contribution in [3.63, 3.8) is 0 Å². The minimum Gasteiger partial charge on any atom is -0.508 e. The molecule has 4 heteroatoms. The predicted molar refractivity (Wildman–Crippen MR) is 127 cm³/mol. The van der Waals surface area contributed by atoms with E-state index in [4.69, 9.17) is 0 Å². The van der Waals surface area contributed by atoms with Gasteiger partial charge in [0.1, 0.15) is 5.75 Å². The number of rotatable bonds is 4. The zero-order chi connectivity index (χ0) is 22.5. The van der Waals surface area contributed by atoms with E-state index in [0.29, 0.717) is 17.7 Å². The van der Waals surface area contributed by atoms with Gasteiger partial charge >= 0.3 is 0 Å². The number of hydrogen-bond acceptors (Lipinski definition) is 3. The van der Waals surface area contributed by atoms with Crippen LogP contribution in [0.2, 0.25) is 0 Å². The van der Waals surface area contributed by atoms with E-state index in [9.17, 15) is 9.90 Å². The summed E-state index contributed by atoms with van der Waals surface area (Å²) in [7, 11) is 0. The van der Waals surface area contributed by atoms with Crippen molar-refractivity contribution < 1.29 is 9.90 Å². The monoisotopic (exact) mass is 432 g/mol. The summed E-state index contributed by atoms with van der Waals surface area (Å²) in [5.74, 6) is 0.816. The minimum atomic E-state index is -0.0364. The number of hydrogen-bond donors (Lipinski definition) is 2. The zero-order valence-corrected chi connectivity index (χ0v) is 19.6. The van der Waals surface area contributed by atoms with Crippen LogP contribution in [0.5, 0.6) is 5.75 Å². The van der Waals surface area contributed by atoms with Crippen LogP contribution >= 0.6 is 0 Å². The van der Waals surface area contributed by atoms with Crippen LogP contribution in [0.1, 0.15) is 63.1 Å². The normalized spacial score (nSPS) is 30.7. The van der Waals surface area contributed by atoms with Gasteiger partial charge in [0.15, 0.2) is 0 Å². The fraction of sp³-hybridized carbons (Fsp3) is 0.536. The number of aromatic hydroxyl groups is 1. The lowest BCUT2D eigenvalue weighted by molar-refractivity contribution is -0.148. The quantitative estimate of drug-likeness (QED) is 0.730. The molecule has 1 saturated heterocycles. The highest BCUT2D eigenvalue weighted by Crippen LogP contribution is 2.57. The van der Waals surface area contributed by atoms with E-state index in [1.807, 2.05) is 12.1 Å². The summed E-state index contributed by atoms with van der Waals surface area (Å²) in [5, 5.41) is 14.3. The Bertz CT molecular complexity index is 1000. The van der Waals surface area contributed by atoms with Crippen LogP contribution in [0.3, 0.4) is 0 Å². The molecule has 1 aliphatic heterocycles. The van der Waals surface area contributed by atoms with Crippen LogP contribution in [0.15, 0.2) is 48.5 Å². The van der Waals surface area contributed by atoms with Gasteiger partial charge in [0.05, 0.1) is 0 Å². The molecule has 2 aliphatic carbocycles. The average molecular weight is 433 g/mol. The van der Waals surface area contributed by atoms with Crippen molar-refractivity contribution in [2.75, 3.05) is 6.54 Å². The SMILES string of the molecule is CC1(C)[C@H]2Cc3c(O)cccc3[C@]1(C)CCN2C(=O)[C@@H]1CCC(NCc2ccccc2)C1. The smallest absolute Gasteiger partial charge is 0.226 e. The molecule has 1 amide bonds. The second-order valence-corrected chi connectivity index (χ2v) is 10.9. The van der Waals surface area contributed by atoms with Gasteiger partial charge in [-0.1, -0.05) is 63.2 Å². The first kappa shape index (κ1) is 21.5. The Labute approximate surface area is 192 Å². The molecule has 2 aromatic carbocycles. The predicted octanol–water partition coefficient (Wildman–Crippen LogP) is 4.79. The highest BCUT2D eigenvalue weighted by Gasteiger charge is 2.57. The molecule has 3 aliphatic rings. The molecule has 2 bridgehead atoms. The van der Waals surface area contributed by atoms with Crippen LogP contribution in [0, 0.1) is 11.3 Å². The first-order valence-electron chi connectivity index (χ1n) is 12.2. The molecule has 0 radical (unpaired) electrons. The molecule has 5 rings (SSSR count). The van der Waals surface area contributed by atoms with Crippen LogP contribution in [-0.2, 0) is 23.2 Å². The van der Waals surface area contributed by atoms with Gasteiger partial charge in [-0.2, -0.15) is 0 Å². The lowest BCUT2D eigenvalue weighted by Gasteiger charge is -2.61. The number of benzene rings is 2. The van der Waals surface area contributed by atoms with Gasteiger partial charge in [0, 0.05) is 36.5 Å². The van der Waals surface area contributed by atoms with Crippen molar-refractivity contribution in [2.45, 2.75) is 76.9 Å². The lowest BCUT2D eigenvalue weighted by atomic mass is 9.51. The second-order valence-electron chi connectivity index (χ2n) is 10.9. The highest BCUT2D eigenvalue weighted by atomic mass is 16.3. The van der Waals surface area contributed by atoms with Crippen molar-refractivity contribution >= 4 is 5.91 Å². The maximum absolute atomic E-state index is 13.7. The van der Waals surface area contributed by atoms with Crippen molar-refractivity contribution in [1.82, 2.24) is 10.2 Å². The lowest BCUT2D eigenvalue weighted by Crippen LogP contribution is -2.65. The molecule has 4 atom stereocenters. The van der Waals surface area contributed by atoms with E-state index >= 15 is 0 Å². The fourth-order valence-electron chi connectivity index (χ4n) is 6.67. The molecular formula is C28H36N2O2. The van der Waals surface area contributed by atoms with E-state index in [1.165, 1.54) is 11.1 Å². The Morgan fingerprint density at radius 3 is 2.66 bits per heavy atom. The fourth-order valence-corrected chi connectivity index (χ4v) is 6.67. The summed E-state index contributed by atoms with van der Waals surface area (Å²) in [6.07, 6.45) is 4.65. The highest BCUT2D eigenvalue weighted by molar-refractivity contribution is 5.80. The molecule has 1 unspecified atom stereocenters. The Morgan fingerprint density at radius 2 is 1.88 bits per heavy atom. The van der Waals surface area contributed by atoms with E-state index in [0.717, 1.165) is 50.8 Å². The van der Waals surface area contributed by atoms with Crippen LogP contribution in [-0.4, -0.2) is 34.5 Å². The summed E-state index contributed by atoms with van der Waals surface area (Å²) in [5.41, 5.74) is 3.55. The van der Waals surface area contributed by atoms with E-state index in [1.54, 1.807) is 6.07 Å². The number of phenolic OH excluding ortho intramolecular Hbond substituents is 1. The molecule has 170 valence electrons. The van der Waals surface area contributed by atoms with Gasteiger partial charge in [-0.05, 0) is 60.3 Å². The molecule has 32 heavy (non-hydrogen) atoms. The number of likely N-dealkylation sites (tertiary alicyclic amines) is 1. The molecule has 0 aromatic heterocycles. The first-order chi connectivity index (χ1) is 15.3. The number of carbonyl (C=O) groups excluding carboxylic acids is 1. The van der Waals surface area contributed by atoms with Gasteiger partial charge in [0.25, 0.3) is 0 Å². The molecule has 0 spiro atoms. The molecule has 2 aromatic rings. The minimum absolute atomic E-state index is 0.0315. The van der Waals surface area contributed by atoms with Crippen molar-refractivity contribution in [1.29, 1.82) is 0 Å². The zero-order valence-electron chi connectivity index (χ0n) is 19.6. The largest absolute Gasteiger partial charge is 0.508 e. The van der Waals surface area contributed by atoms with Crippen LogP contribution in [0.4, 0.5) is 0 Å². The maximum Gasteiger partial charge on any atom is 0.226 e. The van der Waals surface area contributed by atoms with Crippen LogP contribution < -0.4 is 5.32 Å². The summed E-state index contributed by atoms with van der Waals surface area (Å²) in [6.45, 7) is 8.65. The molecular weight excluding hydrogens is 396 g/mol. The van der Waals surface area contributed by atoms with Gasteiger partial charge in [0.2, 0.25) is 5.91 Å². The maximum atomic E-state index is 13.7. The summed E-state index contributed by atoms with van der Waals surface area (Å²) >= 11 is 0. The standard InChI is InChI=1S/C28H36N2O2/c1-27(2)25-17-22-23(10-7-11-24(22)31)28(27,3)14-15-30(25)26(32)20-12-13-21(16-20)29-18-19-8-5-4-6-9-19/h4-11,20-21,25,29,31H,12-18H2,1-3H3/t20-,21?,25-,28+/m1/s1. The molecule has 1 heterocycles. The number of nitrogens with zero attached hydrogens (tertiary/aromatic N) is 1. The average Bonchev–Trinajstić information content (AvgIpc) is 3.25. The number of fused-ring (bicyclic) bond motifs is 4. The third kappa shape index (κ3) is 3.35. The Kier molecular flexibility index (Phi) is 5.32. The third-order valence-corrected chi connectivity index (χ3v) is 9.13. The topological polar surface area (TPSA) is 52.6 Å². The Morgan fingerprint density at radius 1 is 1.09 bits per heavy atom. The van der Waals surface area contributed by atoms with Gasteiger partial charge in [-0.25, -0.2) is 0 Å². The van der Waals surface area contributed by atoms with Crippen molar-refractivity contribution in [3.8, 4) is 5.75 Å². The third-order valence-electron chi connectivity index (χ3n) is 9.13. The Balaban J connectivity index is 1.31. The van der Waals surface area contributed by atoms with E-state index in [2.05, 4.69) is 61.3 Å². The number of phenols is 1. The molecule has 1 saturated carbocycles. The number of carbonyl (C=O) groups is 1. The number of nitrogens with one attached hydrogen (secondary N) is 1. The van der Waals surface area contributed by atoms with Crippen LogP contribution in [0.25, 0.3) is 0 Å². The molecule has 2 fully saturated rings. The van der Waals surface area contributed by atoms with Gasteiger partial charge in [-0.3, -0.25) is 4.79 Å². The Hall–Kier alpha value is -2.33. The van der Waals surface area contributed by atoms with Crippen molar-refractivity contribution in [2.24, 2.45) is 11.3 Å². The van der Waals surface area contributed by atoms with E-state index < -0.39 is 0 Å². The molecule has 2 N–H and O–H groups in total.